The number of imide groups is 1. The Morgan fingerprint density at radius 3 is 2.94 bits per heavy atom. The van der Waals surface area contributed by atoms with E-state index in [0.29, 0.717) is 18.9 Å². The van der Waals surface area contributed by atoms with Gasteiger partial charge in [-0.2, -0.15) is 0 Å². The first-order valence-electron chi connectivity index (χ1n) is 6.87. The molecule has 0 aromatic carbocycles. The van der Waals surface area contributed by atoms with Gasteiger partial charge in [0.05, 0.1) is 19.1 Å². The third kappa shape index (κ3) is 3.09. The first kappa shape index (κ1) is 13.5. The number of ether oxygens (including phenoxy) is 1. The third-order valence-corrected chi connectivity index (χ3v) is 3.60. The third-order valence-electron chi connectivity index (χ3n) is 3.60. The molecule has 0 aliphatic carbocycles. The Labute approximate surface area is 108 Å². The number of hydrogen-bond donors (Lipinski definition) is 1. The van der Waals surface area contributed by atoms with Crippen LogP contribution >= 0.6 is 0 Å². The summed E-state index contributed by atoms with van der Waals surface area (Å²) in [4.78, 5) is 25.1. The van der Waals surface area contributed by atoms with Gasteiger partial charge < -0.3 is 10.1 Å². The van der Waals surface area contributed by atoms with Crippen molar-refractivity contribution in [2.75, 3.05) is 26.3 Å². The fourth-order valence-electron chi connectivity index (χ4n) is 2.58. The number of amides is 2. The van der Waals surface area contributed by atoms with Gasteiger partial charge in [0.2, 0.25) is 11.8 Å². The van der Waals surface area contributed by atoms with Crippen molar-refractivity contribution in [3.63, 3.8) is 0 Å². The van der Waals surface area contributed by atoms with Crippen LogP contribution < -0.4 is 5.32 Å². The minimum absolute atomic E-state index is 0.0424. The second-order valence-electron chi connectivity index (χ2n) is 5.13. The van der Waals surface area contributed by atoms with Crippen LogP contribution in [0, 0.1) is 5.92 Å². The first-order chi connectivity index (χ1) is 8.72. The fraction of sp³-hybridized carbons (Fsp3) is 0.846. The maximum absolute atomic E-state index is 12.0. The Kier molecular flexibility index (Phi) is 4.72. The molecule has 0 saturated carbocycles. The minimum Gasteiger partial charge on any atom is -0.381 e. The number of nitrogens with one attached hydrogen (secondary N) is 1. The number of likely N-dealkylation sites (tertiary alicyclic amines) is 1. The smallest absolute Gasteiger partial charge is 0.246 e. The average Bonchev–Trinajstić information content (AvgIpc) is 2.66. The summed E-state index contributed by atoms with van der Waals surface area (Å²) in [5, 5.41) is 3.23. The average molecular weight is 254 g/mol. The lowest BCUT2D eigenvalue weighted by Gasteiger charge is -2.23. The summed E-state index contributed by atoms with van der Waals surface area (Å²) < 4.78 is 5.40. The van der Waals surface area contributed by atoms with Crippen molar-refractivity contribution < 1.29 is 14.3 Å². The predicted octanol–water partition coefficient (Wildman–Crippen LogP) is 0.540. The van der Waals surface area contributed by atoms with Gasteiger partial charge in [0, 0.05) is 19.7 Å². The lowest BCUT2D eigenvalue weighted by Crippen LogP contribution is -2.42. The molecule has 2 heterocycles. The van der Waals surface area contributed by atoms with Gasteiger partial charge in [-0.15, -0.1) is 0 Å². The highest BCUT2D eigenvalue weighted by atomic mass is 16.5. The van der Waals surface area contributed by atoms with E-state index in [4.69, 9.17) is 4.74 Å². The molecule has 2 aliphatic heterocycles. The summed E-state index contributed by atoms with van der Waals surface area (Å²) in [5.41, 5.74) is 0. The molecule has 0 bridgehead atoms. The molecule has 2 saturated heterocycles. The van der Waals surface area contributed by atoms with Crippen molar-refractivity contribution in [3.05, 3.63) is 0 Å². The maximum atomic E-state index is 12.0. The van der Waals surface area contributed by atoms with Crippen molar-refractivity contribution in [1.82, 2.24) is 10.2 Å². The van der Waals surface area contributed by atoms with Crippen LogP contribution in [-0.2, 0) is 14.3 Å². The molecule has 0 aromatic rings. The summed E-state index contributed by atoms with van der Waals surface area (Å²) in [6.45, 7) is 4.90. The molecule has 5 heteroatoms. The Hall–Kier alpha value is -0.940. The molecule has 2 fully saturated rings. The van der Waals surface area contributed by atoms with Gasteiger partial charge >= 0.3 is 0 Å². The van der Waals surface area contributed by atoms with Crippen LogP contribution in [0.2, 0.25) is 0 Å². The van der Waals surface area contributed by atoms with Gasteiger partial charge in [-0.05, 0) is 25.2 Å². The molecule has 2 atom stereocenters. The fourth-order valence-corrected chi connectivity index (χ4v) is 2.58. The number of carbonyl (C=O) groups is 2. The van der Waals surface area contributed by atoms with Crippen molar-refractivity contribution in [1.29, 1.82) is 0 Å². The Morgan fingerprint density at radius 1 is 1.44 bits per heavy atom. The normalized spacial score (nSPS) is 29.1. The number of rotatable bonds is 5. The van der Waals surface area contributed by atoms with Crippen LogP contribution in [0.4, 0.5) is 0 Å². The molecule has 0 spiro atoms. The highest BCUT2D eigenvalue weighted by Crippen LogP contribution is 2.16. The van der Waals surface area contributed by atoms with E-state index in [0.717, 1.165) is 39.0 Å². The van der Waals surface area contributed by atoms with E-state index in [-0.39, 0.29) is 17.9 Å². The molecule has 2 unspecified atom stereocenters. The number of nitrogens with zero attached hydrogens (tertiary/aromatic N) is 1. The van der Waals surface area contributed by atoms with E-state index in [1.54, 1.807) is 0 Å². The van der Waals surface area contributed by atoms with Gasteiger partial charge in [0.15, 0.2) is 0 Å². The highest BCUT2D eigenvalue weighted by molar-refractivity contribution is 6.05. The van der Waals surface area contributed by atoms with Crippen LogP contribution in [0.15, 0.2) is 0 Å². The van der Waals surface area contributed by atoms with Crippen LogP contribution in [0.5, 0.6) is 0 Å². The lowest BCUT2D eigenvalue weighted by molar-refractivity contribution is -0.138. The Balaban J connectivity index is 1.79. The molecule has 0 aromatic heterocycles. The Bertz CT molecular complexity index is 313. The standard InChI is InChI=1S/C13H22N2O3/c1-2-5-15-12(16)7-11(13(15)17)14-8-10-4-3-6-18-9-10/h10-11,14H,2-9H2,1H3. The topological polar surface area (TPSA) is 58.6 Å². The molecule has 1 N–H and O–H groups in total. The lowest BCUT2D eigenvalue weighted by atomic mass is 10.0. The van der Waals surface area contributed by atoms with Crippen molar-refractivity contribution >= 4 is 11.8 Å². The van der Waals surface area contributed by atoms with Gasteiger partial charge in [0.1, 0.15) is 0 Å². The van der Waals surface area contributed by atoms with Gasteiger partial charge in [0.25, 0.3) is 0 Å². The highest BCUT2D eigenvalue weighted by Gasteiger charge is 2.37. The van der Waals surface area contributed by atoms with Crippen molar-refractivity contribution in [3.8, 4) is 0 Å². The monoisotopic (exact) mass is 254 g/mol. The molecule has 2 rings (SSSR count). The van der Waals surface area contributed by atoms with Crippen molar-refractivity contribution in [2.24, 2.45) is 5.92 Å². The molecule has 102 valence electrons. The van der Waals surface area contributed by atoms with E-state index in [1.807, 2.05) is 6.92 Å². The number of hydrogen-bond acceptors (Lipinski definition) is 4. The molecular weight excluding hydrogens is 232 g/mol. The zero-order valence-corrected chi connectivity index (χ0v) is 11.0. The first-order valence-corrected chi connectivity index (χ1v) is 6.87. The predicted molar refractivity (Wildman–Crippen MR) is 67.0 cm³/mol. The van der Waals surface area contributed by atoms with E-state index < -0.39 is 0 Å². The van der Waals surface area contributed by atoms with Crippen LogP contribution in [0.25, 0.3) is 0 Å². The molecule has 2 amide bonds. The van der Waals surface area contributed by atoms with E-state index >= 15 is 0 Å². The summed E-state index contributed by atoms with van der Waals surface area (Å²) in [7, 11) is 0. The molecular formula is C13H22N2O3. The molecule has 0 radical (unpaired) electrons. The van der Waals surface area contributed by atoms with Crippen LogP contribution in [-0.4, -0.2) is 49.1 Å². The summed E-state index contributed by atoms with van der Waals surface area (Å²) in [5.74, 6) is 0.375. The second-order valence-corrected chi connectivity index (χ2v) is 5.13. The molecule has 18 heavy (non-hydrogen) atoms. The SMILES string of the molecule is CCCN1C(=O)CC(NCC2CCCOC2)C1=O. The van der Waals surface area contributed by atoms with Gasteiger partial charge in [-0.3, -0.25) is 14.5 Å². The van der Waals surface area contributed by atoms with E-state index in [1.165, 1.54) is 4.90 Å². The molecule has 5 nitrogen and oxygen atoms in total. The van der Waals surface area contributed by atoms with Gasteiger partial charge in [-0.25, -0.2) is 0 Å². The maximum Gasteiger partial charge on any atom is 0.246 e. The summed E-state index contributed by atoms with van der Waals surface area (Å²) in [6, 6.07) is -0.314. The minimum atomic E-state index is -0.314. The van der Waals surface area contributed by atoms with Crippen LogP contribution in [0.3, 0.4) is 0 Å². The Morgan fingerprint density at radius 2 is 2.28 bits per heavy atom. The van der Waals surface area contributed by atoms with Crippen LogP contribution in [0.1, 0.15) is 32.6 Å². The zero-order valence-electron chi connectivity index (χ0n) is 11.0. The van der Waals surface area contributed by atoms with Crippen molar-refractivity contribution in [2.45, 2.75) is 38.6 Å². The largest absolute Gasteiger partial charge is 0.381 e. The quantitative estimate of drug-likeness (QED) is 0.728. The van der Waals surface area contributed by atoms with Gasteiger partial charge in [-0.1, -0.05) is 6.92 Å². The number of carbonyl (C=O) groups excluding carboxylic acids is 2. The second kappa shape index (κ2) is 6.29. The summed E-state index contributed by atoms with van der Waals surface area (Å²) >= 11 is 0. The molecule has 2 aliphatic rings. The summed E-state index contributed by atoms with van der Waals surface area (Å²) in [6.07, 6.45) is 3.36. The zero-order chi connectivity index (χ0) is 13.0. The van der Waals surface area contributed by atoms with E-state index in [9.17, 15) is 9.59 Å². The van der Waals surface area contributed by atoms with E-state index in [2.05, 4.69) is 5.32 Å².